The van der Waals surface area contributed by atoms with Crippen LogP contribution in [0.15, 0.2) is 11.1 Å². The van der Waals surface area contributed by atoms with Gasteiger partial charge >= 0.3 is 11.9 Å². The summed E-state index contributed by atoms with van der Waals surface area (Å²) in [6.07, 6.45) is 5.45. The molecule has 0 aromatic rings. The van der Waals surface area contributed by atoms with Crippen LogP contribution in [0, 0.1) is 28.6 Å². The van der Waals surface area contributed by atoms with Crippen molar-refractivity contribution in [3.05, 3.63) is 11.1 Å². The van der Waals surface area contributed by atoms with Gasteiger partial charge in [-0.25, -0.2) is 0 Å². The Balaban J connectivity index is 1.75. The van der Waals surface area contributed by atoms with E-state index in [2.05, 4.69) is 20.8 Å². The van der Waals surface area contributed by atoms with E-state index >= 15 is 0 Å². The maximum atomic E-state index is 12.6. The first-order chi connectivity index (χ1) is 12.6. The molecule has 5 nitrogen and oxygen atoms in total. The summed E-state index contributed by atoms with van der Waals surface area (Å²) in [7, 11) is 0. The smallest absolute Gasteiger partial charge is 0.315 e. The molecule has 0 aromatic heterocycles. The van der Waals surface area contributed by atoms with Gasteiger partial charge in [0.1, 0.15) is 0 Å². The lowest BCUT2D eigenvalue weighted by Crippen LogP contribution is -2.44. The van der Waals surface area contributed by atoms with Crippen molar-refractivity contribution >= 4 is 11.9 Å². The maximum Gasteiger partial charge on any atom is 0.315 e. The van der Waals surface area contributed by atoms with Crippen LogP contribution in [0.4, 0.5) is 0 Å². The summed E-state index contributed by atoms with van der Waals surface area (Å²) in [6, 6.07) is 0. The molecule has 4 rings (SSSR count). The van der Waals surface area contributed by atoms with Crippen LogP contribution in [-0.4, -0.2) is 24.5 Å². The van der Waals surface area contributed by atoms with Gasteiger partial charge in [0.25, 0.3) is 0 Å². The molecular weight excluding hydrogens is 344 g/mol. The summed E-state index contributed by atoms with van der Waals surface area (Å²) in [6.45, 7) is 10.5. The van der Waals surface area contributed by atoms with Crippen LogP contribution in [0.2, 0.25) is 0 Å². The van der Waals surface area contributed by atoms with E-state index in [0.29, 0.717) is 5.41 Å². The molecule has 0 spiro atoms. The fraction of sp³-hybridized carbons (Fsp3) is 0.818. The molecule has 150 valence electrons. The Morgan fingerprint density at radius 1 is 1.22 bits per heavy atom. The predicted molar refractivity (Wildman–Crippen MR) is 99.3 cm³/mol. The molecule has 2 aliphatic heterocycles. The fourth-order valence-electron chi connectivity index (χ4n) is 6.41. The molecule has 0 aromatic carbocycles. The fourth-order valence-corrected chi connectivity index (χ4v) is 6.41. The minimum atomic E-state index is -0.617. The minimum absolute atomic E-state index is 0.0210. The number of carbonyl (C=O) groups is 2. The Labute approximate surface area is 161 Å². The van der Waals surface area contributed by atoms with Gasteiger partial charge in [0.05, 0.1) is 11.8 Å². The van der Waals surface area contributed by atoms with Gasteiger partial charge in [-0.3, -0.25) is 9.59 Å². The van der Waals surface area contributed by atoms with E-state index in [9.17, 15) is 9.59 Å². The highest BCUT2D eigenvalue weighted by atomic mass is 16.8. The summed E-state index contributed by atoms with van der Waals surface area (Å²) in [4.78, 5) is 24.1. The highest BCUT2D eigenvalue weighted by Crippen LogP contribution is 2.59. The standard InChI is InChI=1S/C22H32O5/c1-12-16-15(22(5)10-6-9-21(3,4)11-22)8-7-14-17(16)20(26-18(12)24)27-19(14)25-13(2)23/h12,14,17,19-20H,6-11H2,1-5H3/t12-,14?,17?,19-,20?,22+/m1/s1. The third-order valence-electron chi connectivity index (χ3n) is 7.32. The number of hydrogen-bond acceptors (Lipinski definition) is 5. The van der Waals surface area contributed by atoms with Crippen molar-refractivity contribution in [1.82, 2.24) is 0 Å². The first-order valence-electron chi connectivity index (χ1n) is 10.4. The molecular formula is C22H32O5. The van der Waals surface area contributed by atoms with Crippen molar-refractivity contribution < 1.29 is 23.8 Å². The lowest BCUT2D eigenvalue weighted by Gasteiger charge is -2.49. The Bertz CT molecular complexity index is 693. The lowest BCUT2D eigenvalue weighted by molar-refractivity contribution is -0.219. The average Bonchev–Trinajstić information content (AvgIpc) is 2.88. The molecule has 4 aliphatic rings. The molecule has 2 heterocycles. The molecule has 0 bridgehead atoms. The van der Waals surface area contributed by atoms with Crippen LogP contribution < -0.4 is 0 Å². The van der Waals surface area contributed by atoms with Gasteiger partial charge in [0.2, 0.25) is 12.6 Å². The van der Waals surface area contributed by atoms with Gasteiger partial charge < -0.3 is 14.2 Å². The number of rotatable bonds is 2. The second-order valence-corrected chi connectivity index (χ2v) is 10.1. The van der Waals surface area contributed by atoms with E-state index in [1.165, 1.54) is 37.3 Å². The van der Waals surface area contributed by atoms with E-state index in [0.717, 1.165) is 19.3 Å². The topological polar surface area (TPSA) is 61.8 Å². The van der Waals surface area contributed by atoms with E-state index in [-0.39, 0.29) is 35.1 Å². The van der Waals surface area contributed by atoms with Crippen LogP contribution >= 0.6 is 0 Å². The van der Waals surface area contributed by atoms with Crippen molar-refractivity contribution in [2.75, 3.05) is 0 Å². The second-order valence-electron chi connectivity index (χ2n) is 10.1. The zero-order valence-electron chi connectivity index (χ0n) is 17.2. The molecule has 3 unspecified atom stereocenters. The van der Waals surface area contributed by atoms with Gasteiger partial charge in [0.15, 0.2) is 0 Å². The van der Waals surface area contributed by atoms with Crippen LogP contribution in [-0.2, 0) is 23.8 Å². The van der Waals surface area contributed by atoms with Crippen LogP contribution in [0.25, 0.3) is 0 Å². The quantitative estimate of drug-likeness (QED) is 0.529. The summed E-state index contributed by atoms with van der Waals surface area (Å²) >= 11 is 0. The van der Waals surface area contributed by atoms with Crippen molar-refractivity contribution in [1.29, 1.82) is 0 Å². The first kappa shape index (κ1) is 19.0. The monoisotopic (exact) mass is 376 g/mol. The molecule has 2 aliphatic carbocycles. The summed E-state index contributed by atoms with van der Waals surface area (Å²) in [5, 5.41) is 0. The third-order valence-corrected chi connectivity index (χ3v) is 7.32. The van der Waals surface area contributed by atoms with Crippen molar-refractivity contribution in [3.8, 4) is 0 Å². The molecule has 1 saturated carbocycles. The SMILES string of the molecule is CC(=O)O[C@@H]1OC2OC(=O)[C@H](C)C3=C([C@@]4(C)CCCC(C)(C)C4)CCC1C32. The normalized spacial score (nSPS) is 43.1. The number of allylic oxidation sites excluding steroid dienone is 1. The molecule has 27 heavy (non-hydrogen) atoms. The summed E-state index contributed by atoms with van der Waals surface area (Å²) < 4.78 is 16.9. The second kappa shape index (κ2) is 6.33. The van der Waals surface area contributed by atoms with Gasteiger partial charge in [0, 0.05) is 12.8 Å². The lowest BCUT2D eigenvalue weighted by atomic mass is 9.56. The maximum absolute atomic E-state index is 12.6. The highest BCUT2D eigenvalue weighted by molar-refractivity contribution is 5.77. The molecule has 0 radical (unpaired) electrons. The molecule has 0 N–H and O–H groups in total. The highest BCUT2D eigenvalue weighted by Gasteiger charge is 2.58. The first-order valence-corrected chi connectivity index (χ1v) is 10.4. The Hall–Kier alpha value is -1.36. The average molecular weight is 376 g/mol. The van der Waals surface area contributed by atoms with Crippen LogP contribution in [0.3, 0.4) is 0 Å². The number of ether oxygens (including phenoxy) is 3. The van der Waals surface area contributed by atoms with E-state index in [1.807, 2.05) is 6.92 Å². The van der Waals surface area contributed by atoms with Crippen molar-refractivity contribution in [2.45, 2.75) is 85.7 Å². The van der Waals surface area contributed by atoms with E-state index in [4.69, 9.17) is 14.2 Å². The zero-order chi connectivity index (χ0) is 19.6. The summed E-state index contributed by atoms with van der Waals surface area (Å²) in [5.41, 5.74) is 3.12. The largest absolute Gasteiger partial charge is 0.435 e. The Morgan fingerprint density at radius 3 is 2.63 bits per heavy atom. The Kier molecular flexibility index (Phi) is 4.45. The van der Waals surface area contributed by atoms with Gasteiger partial charge in [-0.2, -0.15) is 0 Å². The minimum Gasteiger partial charge on any atom is -0.435 e. The number of hydrogen-bond donors (Lipinski definition) is 0. The van der Waals surface area contributed by atoms with Gasteiger partial charge in [-0.05, 0) is 55.4 Å². The van der Waals surface area contributed by atoms with Gasteiger partial charge in [-0.1, -0.05) is 32.8 Å². The molecule has 3 fully saturated rings. The number of carbonyl (C=O) groups excluding carboxylic acids is 2. The summed E-state index contributed by atoms with van der Waals surface area (Å²) in [5.74, 6) is -0.714. The van der Waals surface area contributed by atoms with Crippen molar-refractivity contribution in [3.63, 3.8) is 0 Å². The third kappa shape index (κ3) is 3.12. The van der Waals surface area contributed by atoms with E-state index in [1.54, 1.807) is 0 Å². The predicted octanol–water partition coefficient (Wildman–Crippen LogP) is 4.35. The van der Waals surface area contributed by atoms with Gasteiger partial charge in [-0.15, -0.1) is 0 Å². The van der Waals surface area contributed by atoms with Crippen LogP contribution in [0.5, 0.6) is 0 Å². The zero-order valence-corrected chi connectivity index (χ0v) is 17.2. The van der Waals surface area contributed by atoms with Crippen LogP contribution in [0.1, 0.15) is 73.1 Å². The molecule has 6 atom stereocenters. The van der Waals surface area contributed by atoms with E-state index < -0.39 is 12.6 Å². The molecule has 0 amide bonds. The van der Waals surface area contributed by atoms with Crippen molar-refractivity contribution in [2.24, 2.45) is 28.6 Å². The molecule has 2 saturated heterocycles. The molecule has 5 heteroatoms. The number of esters is 2. The Morgan fingerprint density at radius 2 is 1.96 bits per heavy atom.